The highest BCUT2D eigenvalue weighted by molar-refractivity contribution is 6.01. The van der Waals surface area contributed by atoms with E-state index in [1.165, 1.54) is 6.20 Å². The molecule has 0 aliphatic carbocycles. The number of hydrogen-bond donors (Lipinski definition) is 2. The summed E-state index contributed by atoms with van der Waals surface area (Å²) in [6, 6.07) is 17.0. The fourth-order valence-corrected chi connectivity index (χ4v) is 2.57. The Hall–Kier alpha value is -3.41. The lowest BCUT2D eigenvalue weighted by Crippen LogP contribution is -2.03. The molecule has 0 aliphatic rings. The molecule has 0 fully saturated rings. The van der Waals surface area contributed by atoms with Gasteiger partial charge in [-0.3, -0.25) is 0 Å². The minimum Gasteiger partial charge on any atom is -0.478 e. The summed E-state index contributed by atoms with van der Waals surface area (Å²) < 4.78 is 1.61. The van der Waals surface area contributed by atoms with Crippen molar-refractivity contribution < 1.29 is 9.90 Å². The Labute approximate surface area is 131 Å². The molecule has 0 saturated carbocycles. The van der Waals surface area contributed by atoms with Crippen molar-refractivity contribution in [1.29, 1.82) is 0 Å². The molecule has 23 heavy (non-hydrogen) atoms. The Morgan fingerprint density at radius 3 is 2.57 bits per heavy atom. The Morgan fingerprint density at radius 1 is 1.04 bits per heavy atom. The maximum atomic E-state index is 11.5. The number of rotatable bonds is 3. The molecule has 0 unspecified atom stereocenters. The number of hydrogen-bond acceptors (Lipinski definition) is 4. The molecule has 0 bridgehead atoms. The summed E-state index contributed by atoms with van der Waals surface area (Å²) in [5, 5.41) is 16.8. The summed E-state index contributed by atoms with van der Waals surface area (Å²) in [7, 11) is 0. The first-order valence-electron chi connectivity index (χ1n) is 7.06. The van der Waals surface area contributed by atoms with Crippen LogP contribution in [0.5, 0.6) is 0 Å². The van der Waals surface area contributed by atoms with Gasteiger partial charge in [-0.25, -0.2) is 14.3 Å². The molecule has 2 N–H and O–H groups in total. The fourth-order valence-electron chi connectivity index (χ4n) is 2.57. The van der Waals surface area contributed by atoms with Crippen LogP contribution in [0, 0.1) is 0 Å². The van der Waals surface area contributed by atoms with Gasteiger partial charge in [-0.15, -0.1) is 0 Å². The van der Waals surface area contributed by atoms with E-state index in [4.69, 9.17) is 0 Å². The summed E-state index contributed by atoms with van der Waals surface area (Å²) in [5.74, 6) is -0.571. The van der Waals surface area contributed by atoms with Gasteiger partial charge < -0.3 is 10.4 Å². The van der Waals surface area contributed by atoms with E-state index in [0.717, 1.165) is 16.7 Å². The van der Waals surface area contributed by atoms with Gasteiger partial charge in [-0.1, -0.05) is 30.3 Å². The van der Waals surface area contributed by atoms with E-state index < -0.39 is 5.97 Å². The summed E-state index contributed by atoms with van der Waals surface area (Å²) in [6.45, 7) is 0. The van der Waals surface area contributed by atoms with Crippen molar-refractivity contribution in [3.8, 4) is 0 Å². The number of carboxylic acid groups (broad SMARTS) is 1. The number of benzene rings is 2. The first-order valence-corrected chi connectivity index (χ1v) is 7.06. The molecule has 4 rings (SSSR count). The van der Waals surface area contributed by atoms with Gasteiger partial charge >= 0.3 is 5.97 Å². The molecule has 2 aromatic heterocycles. The zero-order chi connectivity index (χ0) is 15.8. The molecule has 6 heteroatoms. The third-order valence-electron chi connectivity index (χ3n) is 3.60. The van der Waals surface area contributed by atoms with Crippen LogP contribution >= 0.6 is 0 Å². The fraction of sp³-hybridized carbons (Fsp3) is 0. The highest BCUT2D eigenvalue weighted by Crippen LogP contribution is 2.27. The van der Waals surface area contributed by atoms with Crippen LogP contribution in [0.2, 0.25) is 0 Å². The Balaban J connectivity index is 2.03. The van der Waals surface area contributed by atoms with Crippen LogP contribution in [0.3, 0.4) is 0 Å². The molecule has 0 aliphatic heterocycles. The number of nitrogens with zero attached hydrogens (tertiary/aromatic N) is 3. The van der Waals surface area contributed by atoms with Crippen LogP contribution in [-0.2, 0) is 0 Å². The van der Waals surface area contributed by atoms with Crippen molar-refractivity contribution in [2.45, 2.75) is 0 Å². The van der Waals surface area contributed by atoms with Crippen LogP contribution in [0.25, 0.3) is 16.6 Å². The van der Waals surface area contributed by atoms with Gasteiger partial charge in [0.2, 0.25) is 0 Å². The number of para-hydroxylation sites is 3. The minimum absolute atomic E-state index is 0.113. The van der Waals surface area contributed by atoms with E-state index in [1.807, 2.05) is 54.6 Å². The second-order valence-corrected chi connectivity index (χ2v) is 5.06. The zero-order valence-electron chi connectivity index (χ0n) is 12.0. The van der Waals surface area contributed by atoms with E-state index in [9.17, 15) is 9.90 Å². The van der Waals surface area contributed by atoms with E-state index in [0.29, 0.717) is 11.3 Å². The van der Waals surface area contributed by atoms with Crippen molar-refractivity contribution in [2.75, 3.05) is 5.32 Å². The topological polar surface area (TPSA) is 79.5 Å². The van der Waals surface area contributed by atoms with Crippen LogP contribution < -0.4 is 5.32 Å². The zero-order valence-corrected chi connectivity index (χ0v) is 12.0. The molecule has 0 saturated heterocycles. The molecule has 0 radical (unpaired) electrons. The summed E-state index contributed by atoms with van der Waals surface area (Å²) in [6.07, 6.45) is 1.35. The second kappa shape index (κ2) is 5.10. The lowest BCUT2D eigenvalue weighted by molar-refractivity contribution is 0.0699. The molecule has 4 aromatic rings. The van der Waals surface area contributed by atoms with Crippen molar-refractivity contribution in [2.24, 2.45) is 0 Å². The van der Waals surface area contributed by atoms with Crippen molar-refractivity contribution in [1.82, 2.24) is 14.6 Å². The highest BCUT2D eigenvalue weighted by atomic mass is 16.4. The highest BCUT2D eigenvalue weighted by Gasteiger charge is 2.18. The second-order valence-electron chi connectivity index (χ2n) is 5.06. The molecule has 2 aromatic carbocycles. The number of fused-ring (bicyclic) bond motifs is 3. The van der Waals surface area contributed by atoms with Crippen LogP contribution in [0.1, 0.15) is 10.4 Å². The first-order chi connectivity index (χ1) is 11.2. The van der Waals surface area contributed by atoms with Gasteiger partial charge in [0.25, 0.3) is 0 Å². The number of nitrogens with one attached hydrogen (secondary N) is 1. The van der Waals surface area contributed by atoms with E-state index in [1.54, 1.807) is 4.52 Å². The number of carbonyl (C=O) groups is 1. The van der Waals surface area contributed by atoms with Crippen molar-refractivity contribution in [3.63, 3.8) is 0 Å². The quantitative estimate of drug-likeness (QED) is 0.607. The molecule has 0 atom stereocenters. The SMILES string of the molecule is O=C(O)c1cnn2c1c(Nc1ccccc1)nc1ccccc12. The van der Waals surface area contributed by atoms with E-state index in [-0.39, 0.29) is 5.56 Å². The Morgan fingerprint density at radius 2 is 1.78 bits per heavy atom. The maximum absolute atomic E-state index is 11.5. The third kappa shape index (κ3) is 2.17. The summed E-state index contributed by atoms with van der Waals surface area (Å²) >= 11 is 0. The van der Waals surface area contributed by atoms with Crippen LogP contribution in [0.15, 0.2) is 60.8 Å². The van der Waals surface area contributed by atoms with E-state index in [2.05, 4.69) is 15.4 Å². The Bertz CT molecular complexity index is 1020. The van der Waals surface area contributed by atoms with Gasteiger partial charge in [0.15, 0.2) is 5.82 Å². The molecule has 2 heterocycles. The van der Waals surface area contributed by atoms with Gasteiger partial charge in [0.1, 0.15) is 11.1 Å². The molecule has 0 spiro atoms. The Kier molecular flexibility index (Phi) is 2.94. The number of aromatic carboxylic acids is 1. The van der Waals surface area contributed by atoms with Crippen molar-refractivity contribution >= 4 is 34.0 Å². The molecule has 6 nitrogen and oxygen atoms in total. The number of aromatic nitrogens is 3. The normalized spacial score (nSPS) is 11.0. The first kappa shape index (κ1) is 13.3. The predicted octanol–water partition coefficient (Wildman–Crippen LogP) is 3.32. The van der Waals surface area contributed by atoms with Gasteiger partial charge in [0, 0.05) is 5.69 Å². The van der Waals surface area contributed by atoms with Gasteiger partial charge in [0.05, 0.1) is 17.2 Å². The van der Waals surface area contributed by atoms with Crippen LogP contribution in [-0.4, -0.2) is 25.7 Å². The molecule has 112 valence electrons. The largest absolute Gasteiger partial charge is 0.478 e. The standard InChI is InChI=1S/C17H12N4O2/c22-17(23)12-10-18-21-14-9-5-4-8-13(14)20-16(15(12)21)19-11-6-2-1-3-7-11/h1-10H,(H,19,20)(H,22,23). The third-order valence-corrected chi connectivity index (χ3v) is 3.60. The lowest BCUT2D eigenvalue weighted by atomic mass is 10.2. The monoisotopic (exact) mass is 304 g/mol. The molecular formula is C17H12N4O2. The molecular weight excluding hydrogens is 292 g/mol. The van der Waals surface area contributed by atoms with Gasteiger partial charge in [-0.05, 0) is 24.3 Å². The van der Waals surface area contributed by atoms with E-state index >= 15 is 0 Å². The van der Waals surface area contributed by atoms with Crippen LogP contribution in [0.4, 0.5) is 11.5 Å². The molecule has 0 amide bonds. The average molecular weight is 304 g/mol. The summed E-state index contributed by atoms with van der Waals surface area (Å²) in [5.41, 5.74) is 2.88. The summed E-state index contributed by atoms with van der Waals surface area (Å²) in [4.78, 5) is 16.1. The van der Waals surface area contributed by atoms with Crippen molar-refractivity contribution in [3.05, 3.63) is 66.4 Å². The predicted molar refractivity (Wildman–Crippen MR) is 87.2 cm³/mol. The minimum atomic E-state index is -1.03. The van der Waals surface area contributed by atoms with Gasteiger partial charge in [-0.2, -0.15) is 5.10 Å². The maximum Gasteiger partial charge on any atom is 0.339 e. The smallest absolute Gasteiger partial charge is 0.339 e. The number of anilines is 2. The number of carboxylic acids is 1. The average Bonchev–Trinajstić information content (AvgIpc) is 3.02. The lowest BCUT2D eigenvalue weighted by Gasteiger charge is -2.10.